The molecule has 2 aromatic heterocycles. The molecule has 0 radical (unpaired) electrons. The predicted octanol–water partition coefficient (Wildman–Crippen LogP) is 3.20. The fourth-order valence-electron chi connectivity index (χ4n) is 2.17. The van der Waals surface area contributed by atoms with Gasteiger partial charge in [0.2, 0.25) is 9.84 Å². The van der Waals surface area contributed by atoms with Crippen LogP contribution in [0.15, 0.2) is 39.1 Å². The van der Waals surface area contributed by atoms with Crippen molar-refractivity contribution in [1.29, 1.82) is 0 Å². The average molecular weight is 455 g/mol. The number of nitrogens with zero attached hydrogens (tertiary/aromatic N) is 4. The van der Waals surface area contributed by atoms with Crippen LogP contribution in [0.1, 0.15) is 19.4 Å². The zero-order valence-corrected chi connectivity index (χ0v) is 16.1. The van der Waals surface area contributed by atoms with Crippen molar-refractivity contribution in [1.82, 2.24) is 19.7 Å². The first-order valence-electron chi connectivity index (χ1n) is 7.35. The topological polar surface area (TPSA) is 85.2 Å². The highest BCUT2D eigenvalue weighted by molar-refractivity contribution is 9.10. The summed E-state index contributed by atoms with van der Waals surface area (Å²) in [7, 11) is -4.72. The van der Waals surface area contributed by atoms with Gasteiger partial charge < -0.3 is 4.90 Å². The van der Waals surface area contributed by atoms with Crippen molar-refractivity contribution in [2.24, 2.45) is 0 Å². The number of sulfone groups is 1. The van der Waals surface area contributed by atoms with Crippen LogP contribution in [-0.4, -0.2) is 47.2 Å². The second kappa shape index (κ2) is 7.35. The van der Waals surface area contributed by atoms with Crippen molar-refractivity contribution < 1.29 is 26.4 Å². The Morgan fingerprint density at radius 3 is 2.42 bits per heavy atom. The molecule has 26 heavy (non-hydrogen) atoms. The first-order chi connectivity index (χ1) is 12.0. The molecule has 7 nitrogen and oxygen atoms in total. The zero-order valence-electron chi connectivity index (χ0n) is 13.7. The van der Waals surface area contributed by atoms with Gasteiger partial charge in [0, 0.05) is 19.3 Å². The Balaban J connectivity index is 2.58. The van der Waals surface area contributed by atoms with E-state index < -0.39 is 37.7 Å². The minimum absolute atomic E-state index is 0.142. The third kappa shape index (κ3) is 3.75. The van der Waals surface area contributed by atoms with Crippen molar-refractivity contribution in [2.45, 2.75) is 30.1 Å². The molecule has 0 N–H and O–H groups in total. The summed E-state index contributed by atoms with van der Waals surface area (Å²) in [5.74, 6) is 0. The minimum Gasteiger partial charge on any atom is -0.323 e. The van der Waals surface area contributed by atoms with Gasteiger partial charge in [-0.05, 0) is 41.9 Å². The molecule has 142 valence electrons. The molecule has 0 aliphatic rings. The molecule has 1 amide bonds. The van der Waals surface area contributed by atoms with Crippen LogP contribution in [0.2, 0.25) is 0 Å². The van der Waals surface area contributed by atoms with Crippen LogP contribution in [0, 0.1) is 0 Å². The number of carbonyl (C=O) groups is 1. The Labute approximate surface area is 155 Å². The highest BCUT2D eigenvalue weighted by Crippen LogP contribution is 2.36. The molecule has 0 spiro atoms. The van der Waals surface area contributed by atoms with E-state index in [4.69, 9.17) is 0 Å². The molecule has 0 atom stereocenters. The molecule has 0 fully saturated rings. The summed E-state index contributed by atoms with van der Waals surface area (Å²) in [5.41, 5.74) is -1.41. The summed E-state index contributed by atoms with van der Waals surface area (Å²) < 4.78 is 65.3. The minimum atomic E-state index is -4.91. The van der Waals surface area contributed by atoms with Gasteiger partial charge in [-0.1, -0.05) is 0 Å². The maximum absolute atomic E-state index is 13.1. The molecular weight excluding hydrogens is 441 g/mol. The van der Waals surface area contributed by atoms with E-state index in [1.807, 2.05) is 0 Å². The molecule has 0 aromatic carbocycles. The van der Waals surface area contributed by atoms with E-state index in [1.165, 1.54) is 4.90 Å². The quantitative estimate of drug-likeness (QED) is 0.707. The van der Waals surface area contributed by atoms with Crippen molar-refractivity contribution in [3.05, 3.63) is 34.6 Å². The number of amides is 1. The summed E-state index contributed by atoms with van der Waals surface area (Å²) in [6, 6.07) is 1.000. The summed E-state index contributed by atoms with van der Waals surface area (Å²) >= 11 is 2.94. The van der Waals surface area contributed by atoms with Crippen LogP contribution < -0.4 is 0 Å². The van der Waals surface area contributed by atoms with Crippen LogP contribution >= 0.6 is 15.9 Å². The van der Waals surface area contributed by atoms with Crippen LogP contribution in [0.3, 0.4) is 0 Å². The van der Waals surface area contributed by atoms with Gasteiger partial charge in [-0.15, -0.1) is 0 Å². The summed E-state index contributed by atoms with van der Waals surface area (Å²) in [6.45, 7) is 4.16. The lowest BCUT2D eigenvalue weighted by molar-refractivity contribution is -0.140. The smallest absolute Gasteiger partial charge is 0.323 e. The fraction of sp³-hybridized carbons (Fsp3) is 0.357. The number of carbonyl (C=O) groups excluding carboxylic acids is 1. The Hall–Kier alpha value is -1.95. The van der Waals surface area contributed by atoms with E-state index in [2.05, 4.69) is 26.0 Å². The van der Waals surface area contributed by atoms with E-state index in [0.717, 1.165) is 23.1 Å². The van der Waals surface area contributed by atoms with Crippen molar-refractivity contribution in [2.75, 3.05) is 13.1 Å². The maximum Gasteiger partial charge on any atom is 0.419 e. The molecule has 0 aliphatic carbocycles. The summed E-state index contributed by atoms with van der Waals surface area (Å²) in [4.78, 5) is 17.0. The van der Waals surface area contributed by atoms with E-state index >= 15 is 0 Å². The third-order valence-electron chi connectivity index (χ3n) is 3.45. The number of hydrogen-bond donors (Lipinski definition) is 0. The molecule has 0 bridgehead atoms. The molecule has 0 aliphatic heterocycles. The van der Waals surface area contributed by atoms with Gasteiger partial charge in [0.15, 0.2) is 10.1 Å². The van der Waals surface area contributed by atoms with Gasteiger partial charge >= 0.3 is 12.2 Å². The van der Waals surface area contributed by atoms with Gasteiger partial charge in [-0.2, -0.15) is 23.0 Å². The number of halogens is 4. The second-order valence-electron chi connectivity index (χ2n) is 5.04. The Bertz CT molecular complexity index is 924. The molecule has 2 aromatic rings. The van der Waals surface area contributed by atoms with E-state index in [1.54, 1.807) is 13.8 Å². The van der Waals surface area contributed by atoms with Crippen molar-refractivity contribution in [3.63, 3.8) is 0 Å². The molecule has 0 saturated carbocycles. The first-order valence-corrected chi connectivity index (χ1v) is 9.63. The number of rotatable bonds is 4. The fourth-order valence-corrected chi connectivity index (χ4v) is 4.44. The summed E-state index contributed by atoms with van der Waals surface area (Å²) in [5, 5.41) is 1.79. The van der Waals surface area contributed by atoms with Crippen LogP contribution in [-0.2, 0) is 16.0 Å². The van der Waals surface area contributed by atoms with Gasteiger partial charge in [-0.3, -0.25) is 0 Å². The number of pyridine rings is 1. The average Bonchev–Trinajstić information content (AvgIpc) is 2.97. The van der Waals surface area contributed by atoms with E-state index in [0.29, 0.717) is 19.2 Å². The van der Waals surface area contributed by atoms with Crippen LogP contribution in [0.4, 0.5) is 18.0 Å². The van der Waals surface area contributed by atoms with Gasteiger partial charge in [-0.25, -0.2) is 18.2 Å². The lowest BCUT2D eigenvalue weighted by Gasteiger charge is -2.17. The van der Waals surface area contributed by atoms with Crippen LogP contribution in [0.5, 0.6) is 0 Å². The lowest BCUT2D eigenvalue weighted by Crippen LogP contribution is -2.34. The molecule has 0 saturated heterocycles. The molecule has 2 rings (SSSR count). The number of hydrogen-bond acceptors (Lipinski definition) is 5. The zero-order chi connectivity index (χ0) is 19.7. The normalized spacial score (nSPS) is 12.2. The molecule has 0 unspecified atom stereocenters. The second-order valence-corrected chi connectivity index (χ2v) is 7.67. The van der Waals surface area contributed by atoms with Gasteiger partial charge in [0.25, 0.3) is 0 Å². The van der Waals surface area contributed by atoms with Gasteiger partial charge in [0.05, 0.1) is 16.2 Å². The van der Waals surface area contributed by atoms with Gasteiger partial charge in [0.1, 0.15) is 0 Å². The largest absolute Gasteiger partial charge is 0.419 e. The Morgan fingerprint density at radius 2 is 1.88 bits per heavy atom. The number of aromatic nitrogens is 3. The molecule has 12 heteroatoms. The standard InChI is InChI=1S/C14H14BrF3N4O3S/c1-3-21(4-2)13(23)22-8-10(15)12(20-22)26(24,25)11-9(14(16,17)18)6-5-7-19-11/h5-8H,3-4H2,1-2H3. The summed E-state index contributed by atoms with van der Waals surface area (Å²) in [6.07, 6.45) is -2.89. The molecule has 2 heterocycles. The van der Waals surface area contributed by atoms with E-state index in [9.17, 15) is 26.4 Å². The number of alkyl halides is 3. The van der Waals surface area contributed by atoms with E-state index in [-0.39, 0.29) is 4.47 Å². The Morgan fingerprint density at radius 1 is 1.27 bits per heavy atom. The van der Waals surface area contributed by atoms with Crippen LogP contribution in [0.25, 0.3) is 0 Å². The highest BCUT2D eigenvalue weighted by atomic mass is 79.9. The molecular formula is C14H14BrF3N4O3S. The lowest BCUT2D eigenvalue weighted by atomic mass is 10.3. The Kier molecular flexibility index (Phi) is 5.76. The monoisotopic (exact) mass is 454 g/mol. The third-order valence-corrected chi connectivity index (χ3v) is 5.94. The maximum atomic E-state index is 13.1. The highest BCUT2D eigenvalue weighted by Gasteiger charge is 2.40. The first kappa shape index (κ1) is 20.4. The SMILES string of the molecule is CCN(CC)C(=O)n1cc(Br)c(S(=O)(=O)c2ncccc2C(F)(F)F)n1. The van der Waals surface area contributed by atoms with Crippen molar-refractivity contribution >= 4 is 31.8 Å². The van der Waals surface area contributed by atoms with Crippen molar-refractivity contribution in [3.8, 4) is 0 Å². The predicted molar refractivity (Wildman–Crippen MR) is 88.3 cm³/mol.